The number of carbonyl (C=O) groups excluding carboxylic acids is 2. The van der Waals surface area contributed by atoms with E-state index in [0.717, 1.165) is 0 Å². The van der Waals surface area contributed by atoms with Crippen molar-refractivity contribution in [1.82, 2.24) is 0 Å². The van der Waals surface area contributed by atoms with E-state index in [1.54, 1.807) is 66.8 Å². The molecule has 2 aromatic rings. The van der Waals surface area contributed by atoms with Gasteiger partial charge in [-0.3, -0.25) is 0 Å². The van der Waals surface area contributed by atoms with Crippen LogP contribution in [-0.4, -0.2) is 51.1 Å². The molecule has 2 rings (SSSR count). The molecule has 8 heteroatoms. The molecule has 216 valence electrons. The van der Waals surface area contributed by atoms with E-state index >= 15 is 0 Å². The molecule has 41 heavy (non-hydrogen) atoms. The lowest BCUT2D eigenvalue weighted by Gasteiger charge is -2.17. The molecule has 0 bridgehead atoms. The molecule has 2 aromatic carbocycles. The highest BCUT2D eigenvalue weighted by Gasteiger charge is 2.25. The monoisotopic (exact) mass is 560 g/mol. The van der Waals surface area contributed by atoms with Gasteiger partial charge < -0.3 is 28.4 Å². The molecule has 0 heterocycles. The summed E-state index contributed by atoms with van der Waals surface area (Å²) < 4.78 is 33.3. The third-order valence-electron chi connectivity index (χ3n) is 5.10. The second-order valence-corrected chi connectivity index (χ2v) is 8.27. The Balaban J connectivity index is 2.23. The van der Waals surface area contributed by atoms with E-state index in [1.807, 2.05) is 0 Å². The van der Waals surface area contributed by atoms with Crippen LogP contribution in [0.15, 0.2) is 106 Å². The Bertz CT molecular complexity index is 1240. The van der Waals surface area contributed by atoms with Gasteiger partial charge in [-0.05, 0) is 41.5 Å². The summed E-state index contributed by atoms with van der Waals surface area (Å²) in [7, 11) is 0. The minimum absolute atomic E-state index is 0.0293. The van der Waals surface area contributed by atoms with Crippen LogP contribution in [0.2, 0.25) is 0 Å². The average molecular weight is 561 g/mol. The number of rotatable bonds is 20. The Kier molecular flexibility index (Phi) is 14.4. The van der Waals surface area contributed by atoms with Crippen LogP contribution in [0.5, 0.6) is 23.0 Å². The number of hydrogen-bond donors (Lipinski definition) is 0. The summed E-state index contributed by atoms with van der Waals surface area (Å²) in [6, 6.07) is 10.3. The fraction of sp³-hybridized carbons (Fsp3) is 0.212. The minimum atomic E-state index is -1.22. The summed E-state index contributed by atoms with van der Waals surface area (Å²) in [6.45, 7) is 19.2. The van der Waals surface area contributed by atoms with E-state index in [9.17, 15) is 9.59 Å². The molecule has 0 aliphatic carbocycles. The maximum Gasteiger partial charge on any atom is 0.348 e. The summed E-state index contributed by atoms with van der Waals surface area (Å²) in [6.07, 6.45) is 9.45. The second kappa shape index (κ2) is 18.3. The van der Waals surface area contributed by atoms with Gasteiger partial charge >= 0.3 is 11.9 Å². The van der Waals surface area contributed by atoms with Gasteiger partial charge in [0.05, 0.1) is 0 Å². The second-order valence-electron chi connectivity index (χ2n) is 8.27. The van der Waals surface area contributed by atoms with Crippen molar-refractivity contribution in [2.45, 2.75) is 12.5 Å². The van der Waals surface area contributed by atoms with Gasteiger partial charge in [0.1, 0.15) is 33.0 Å². The first-order valence-corrected chi connectivity index (χ1v) is 12.8. The number of carbonyl (C=O) groups is 2. The maximum absolute atomic E-state index is 12.8. The molecule has 0 unspecified atom stereocenters. The first-order valence-electron chi connectivity index (χ1n) is 12.8. The summed E-state index contributed by atoms with van der Waals surface area (Å²) in [5.74, 6) is 0.496. The summed E-state index contributed by atoms with van der Waals surface area (Å²) in [4.78, 5) is 25.5. The van der Waals surface area contributed by atoms with Crippen molar-refractivity contribution in [2.24, 2.45) is 0 Å². The van der Waals surface area contributed by atoms with E-state index in [2.05, 4.69) is 32.9 Å². The maximum atomic E-state index is 12.8. The summed E-state index contributed by atoms with van der Waals surface area (Å²) >= 11 is 0. The van der Waals surface area contributed by atoms with Crippen LogP contribution in [0.3, 0.4) is 0 Å². The SMILES string of the molecule is C=CCOC(=O)[C@H](Cc1ccc(OCC=C)c(OCC=C)c1)OC(=O)/C=C/c1ccc(OCC=C)c(OCC=C)c1. The molecule has 0 saturated carbocycles. The van der Waals surface area contributed by atoms with Crippen molar-refractivity contribution in [1.29, 1.82) is 0 Å². The molecule has 8 nitrogen and oxygen atoms in total. The van der Waals surface area contributed by atoms with E-state index < -0.39 is 18.0 Å². The largest absolute Gasteiger partial charge is 0.486 e. The fourth-order valence-electron chi connectivity index (χ4n) is 3.33. The molecule has 0 radical (unpaired) electrons. The first-order chi connectivity index (χ1) is 19.9. The van der Waals surface area contributed by atoms with Gasteiger partial charge in [-0.25, -0.2) is 9.59 Å². The molecule has 0 aromatic heterocycles. The Morgan fingerprint density at radius 2 is 1.17 bits per heavy atom. The molecule has 0 amide bonds. The minimum Gasteiger partial charge on any atom is -0.486 e. The van der Waals surface area contributed by atoms with Crippen molar-refractivity contribution < 1.29 is 38.0 Å². The Hall–Kier alpha value is -4.98. The van der Waals surface area contributed by atoms with Crippen LogP contribution in [0, 0.1) is 0 Å². The highest BCUT2D eigenvalue weighted by molar-refractivity contribution is 5.89. The number of hydrogen-bond acceptors (Lipinski definition) is 8. The predicted molar refractivity (Wildman–Crippen MR) is 159 cm³/mol. The lowest BCUT2D eigenvalue weighted by Crippen LogP contribution is -2.31. The standard InChI is InChI=1S/C33H36O8/c1-6-17-36-27-14-11-25(22-29(27)38-19-8-3)13-16-32(34)41-31(33(35)40-21-10-5)24-26-12-15-28(37-18-7-2)30(23-26)39-20-9-4/h6-16,22-23,31H,1-5,17-21,24H2/b16-13+/t31-/m0/s1. The van der Waals surface area contributed by atoms with Crippen molar-refractivity contribution in [2.75, 3.05) is 33.0 Å². The summed E-state index contributed by atoms with van der Waals surface area (Å²) in [5, 5.41) is 0. The van der Waals surface area contributed by atoms with Crippen LogP contribution in [0.1, 0.15) is 11.1 Å². The first kappa shape index (κ1) is 32.2. The smallest absolute Gasteiger partial charge is 0.348 e. The molecular formula is C33H36O8. The molecule has 0 aliphatic rings. The lowest BCUT2D eigenvalue weighted by atomic mass is 10.1. The molecule has 1 atom stereocenters. The van der Waals surface area contributed by atoms with Crippen molar-refractivity contribution in [3.63, 3.8) is 0 Å². The van der Waals surface area contributed by atoms with Crippen LogP contribution in [0.4, 0.5) is 0 Å². The zero-order chi connectivity index (χ0) is 29.9. The van der Waals surface area contributed by atoms with Crippen LogP contribution in [-0.2, 0) is 25.5 Å². The number of esters is 2. The van der Waals surface area contributed by atoms with Gasteiger partial charge in [-0.15, -0.1) is 0 Å². The highest BCUT2D eigenvalue weighted by Crippen LogP contribution is 2.30. The number of benzene rings is 2. The molecule has 0 fully saturated rings. The van der Waals surface area contributed by atoms with Crippen molar-refractivity contribution in [3.8, 4) is 23.0 Å². The third-order valence-corrected chi connectivity index (χ3v) is 5.10. The van der Waals surface area contributed by atoms with E-state index in [4.69, 9.17) is 28.4 Å². The van der Waals surface area contributed by atoms with Gasteiger partial charge in [0.25, 0.3) is 0 Å². The zero-order valence-electron chi connectivity index (χ0n) is 23.1. The lowest BCUT2D eigenvalue weighted by molar-refractivity contribution is -0.164. The Morgan fingerprint density at radius 1 is 0.659 bits per heavy atom. The normalized spacial score (nSPS) is 11.0. The van der Waals surface area contributed by atoms with Gasteiger partial charge in [0.2, 0.25) is 6.10 Å². The van der Waals surface area contributed by atoms with Gasteiger partial charge in [0, 0.05) is 12.5 Å². The van der Waals surface area contributed by atoms with Crippen molar-refractivity contribution in [3.05, 3.63) is 117 Å². The summed E-state index contributed by atoms with van der Waals surface area (Å²) in [5.41, 5.74) is 1.31. The van der Waals surface area contributed by atoms with Gasteiger partial charge in [0.15, 0.2) is 23.0 Å². The third kappa shape index (κ3) is 11.3. The Labute approximate surface area is 241 Å². The van der Waals surface area contributed by atoms with Crippen LogP contribution in [0.25, 0.3) is 6.08 Å². The molecule has 0 aliphatic heterocycles. The molecule has 0 spiro atoms. The van der Waals surface area contributed by atoms with Gasteiger partial charge in [-0.1, -0.05) is 75.4 Å². The van der Waals surface area contributed by atoms with Crippen molar-refractivity contribution >= 4 is 18.0 Å². The predicted octanol–water partition coefficient (Wildman–Crippen LogP) is 5.84. The van der Waals surface area contributed by atoms with Crippen LogP contribution >= 0.6 is 0 Å². The molecular weight excluding hydrogens is 524 g/mol. The highest BCUT2D eigenvalue weighted by atomic mass is 16.6. The average Bonchev–Trinajstić information content (AvgIpc) is 2.98. The fourth-order valence-corrected chi connectivity index (χ4v) is 3.33. The quantitative estimate of drug-likeness (QED) is 0.113. The molecule has 0 saturated heterocycles. The van der Waals surface area contributed by atoms with Crippen LogP contribution < -0.4 is 18.9 Å². The van der Waals surface area contributed by atoms with E-state index in [0.29, 0.717) is 40.7 Å². The zero-order valence-corrected chi connectivity index (χ0v) is 23.1. The van der Waals surface area contributed by atoms with Gasteiger partial charge in [-0.2, -0.15) is 0 Å². The Morgan fingerprint density at radius 3 is 1.73 bits per heavy atom. The topological polar surface area (TPSA) is 89.5 Å². The molecule has 0 N–H and O–H groups in total. The van der Waals surface area contributed by atoms with E-state index in [-0.39, 0.29) is 32.8 Å². The van der Waals surface area contributed by atoms with E-state index in [1.165, 1.54) is 12.2 Å². The number of ether oxygens (including phenoxy) is 6.